The molecule has 0 N–H and O–H groups in total. The highest BCUT2D eigenvalue weighted by molar-refractivity contribution is 5.69. The van der Waals surface area contributed by atoms with Crippen molar-refractivity contribution in [2.45, 2.75) is 52.0 Å². The van der Waals surface area contributed by atoms with E-state index in [0.717, 1.165) is 0 Å². The summed E-state index contributed by atoms with van der Waals surface area (Å²) < 4.78 is 32.7. The molecule has 0 aromatic heterocycles. The molecule has 1 fully saturated rings. The molecule has 0 aliphatic carbocycles. The zero-order valence-corrected chi connectivity index (χ0v) is 11.6. The Balaban J connectivity index is 2.62. The first kappa shape index (κ1) is 15.3. The molecule has 1 saturated heterocycles. The molecule has 1 atom stereocenters. The van der Waals surface area contributed by atoms with Crippen molar-refractivity contribution in [3.05, 3.63) is 0 Å². The van der Waals surface area contributed by atoms with Gasteiger partial charge >= 0.3 is 5.97 Å². The van der Waals surface area contributed by atoms with Crippen molar-refractivity contribution in [3.63, 3.8) is 0 Å². The van der Waals surface area contributed by atoms with E-state index in [0.29, 0.717) is 13.0 Å². The van der Waals surface area contributed by atoms with Gasteiger partial charge in [-0.2, -0.15) is 0 Å². The van der Waals surface area contributed by atoms with Gasteiger partial charge in [0.2, 0.25) is 0 Å². The fraction of sp³-hybridized carbons (Fsp3) is 0.923. The molecule has 0 aromatic rings. The molecule has 106 valence electrons. The van der Waals surface area contributed by atoms with Crippen LogP contribution in [0.3, 0.4) is 0 Å². The maximum Gasteiger partial charge on any atom is 0.306 e. The summed E-state index contributed by atoms with van der Waals surface area (Å²) in [4.78, 5) is 13.1. The van der Waals surface area contributed by atoms with E-state index in [1.807, 2.05) is 20.8 Å². The Kier molecular flexibility index (Phi) is 4.70. The molecule has 1 aliphatic rings. The summed E-state index contributed by atoms with van der Waals surface area (Å²) in [6.45, 7) is 8.02. The lowest BCUT2D eigenvalue weighted by atomic mass is 9.87. The number of hydrogen-bond acceptors (Lipinski definition) is 3. The first-order chi connectivity index (χ1) is 8.16. The minimum absolute atomic E-state index is 0.182. The van der Waals surface area contributed by atoms with Gasteiger partial charge in [-0.15, -0.1) is 0 Å². The number of rotatable bonds is 3. The van der Waals surface area contributed by atoms with Crippen LogP contribution >= 0.6 is 0 Å². The molecule has 0 spiro atoms. The summed E-state index contributed by atoms with van der Waals surface area (Å²) in [7, 11) is 0. The van der Waals surface area contributed by atoms with Crippen molar-refractivity contribution in [1.29, 1.82) is 0 Å². The summed E-state index contributed by atoms with van der Waals surface area (Å²) in [5.74, 6) is -4.24. The number of nitrogens with zero attached hydrogens (tertiary/aromatic N) is 1. The van der Waals surface area contributed by atoms with Crippen molar-refractivity contribution < 1.29 is 18.3 Å². The number of ether oxygens (including phenoxy) is 1. The van der Waals surface area contributed by atoms with Gasteiger partial charge in [0.15, 0.2) is 0 Å². The Morgan fingerprint density at radius 3 is 2.50 bits per heavy atom. The van der Waals surface area contributed by atoms with Crippen LogP contribution in [0.25, 0.3) is 0 Å². The Morgan fingerprint density at radius 1 is 1.44 bits per heavy atom. The number of piperidine rings is 1. The lowest BCUT2D eigenvalue weighted by Crippen LogP contribution is -2.55. The molecule has 18 heavy (non-hydrogen) atoms. The molecule has 0 saturated carbocycles. The van der Waals surface area contributed by atoms with Gasteiger partial charge in [-0.3, -0.25) is 9.69 Å². The second kappa shape index (κ2) is 5.51. The molecule has 1 unspecified atom stereocenters. The smallest absolute Gasteiger partial charge is 0.306 e. The summed E-state index contributed by atoms with van der Waals surface area (Å²) >= 11 is 0. The van der Waals surface area contributed by atoms with Crippen LogP contribution < -0.4 is 0 Å². The van der Waals surface area contributed by atoms with E-state index < -0.39 is 17.8 Å². The number of carbonyl (C=O) groups is 1. The highest BCUT2D eigenvalue weighted by atomic mass is 19.3. The number of hydrogen-bond donors (Lipinski definition) is 0. The monoisotopic (exact) mass is 263 g/mol. The number of likely N-dealkylation sites (tertiary alicyclic amines) is 1. The molecule has 5 heteroatoms. The SMILES string of the molecule is CCOC(=O)CC1CCN(C(C)(C)C)CC1(F)F. The van der Waals surface area contributed by atoms with Gasteiger partial charge in [-0.25, -0.2) is 8.78 Å². The lowest BCUT2D eigenvalue weighted by Gasteiger charge is -2.44. The average Bonchev–Trinajstić information content (AvgIpc) is 2.19. The van der Waals surface area contributed by atoms with Crippen LogP contribution in [0.4, 0.5) is 8.78 Å². The molecule has 1 heterocycles. The molecule has 0 radical (unpaired) electrons. The standard InChI is InChI=1S/C13H23F2NO2/c1-5-18-11(17)8-10-6-7-16(12(2,3)4)9-13(10,14)15/h10H,5-9H2,1-4H3. The fourth-order valence-electron chi connectivity index (χ4n) is 2.23. The van der Waals surface area contributed by atoms with Crippen molar-refractivity contribution in [2.75, 3.05) is 19.7 Å². The van der Waals surface area contributed by atoms with Gasteiger partial charge in [0.1, 0.15) is 0 Å². The Morgan fingerprint density at radius 2 is 2.06 bits per heavy atom. The fourth-order valence-corrected chi connectivity index (χ4v) is 2.23. The zero-order valence-electron chi connectivity index (χ0n) is 11.6. The van der Waals surface area contributed by atoms with Crippen LogP contribution in [0, 0.1) is 5.92 Å². The van der Waals surface area contributed by atoms with Crippen molar-refractivity contribution in [2.24, 2.45) is 5.92 Å². The average molecular weight is 263 g/mol. The predicted octanol–water partition coefficient (Wildman–Crippen LogP) is 2.70. The second-order valence-corrected chi connectivity index (χ2v) is 5.85. The van der Waals surface area contributed by atoms with Gasteiger partial charge < -0.3 is 4.74 Å². The van der Waals surface area contributed by atoms with Crippen LogP contribution in [0.2, 0.25) is 0 Å². The van der Waals surface area contributed by atoms with E-state index in [-0.39, 0.29) is 25.1 Å². The van der Waals surface area contributed by atoms with E-state index in [2.05, 4.69) is 0 Å². The Bertz CT molecular complexity index is 300. The van der Waals surface area contributed by atoms with Crippen LogP contribution in [-0.2, 0) is 9.53 Å². The summed E-state index contributed by atoms with van der Waals surface area (Å²) in [6, 6.07) is 0. The number of carbonyl (C=O) groups excluding carboxylic acids is 1. The zero-order chi connectivity index (χ0) is 14.0. The molecule has 0 aromatic carbocycles. The molecule has 1 rings (SSSR count). The molecule has 0 amide bonds. The quantitative estimate of drug-likeness (QED) is 0.733. The van der Waals surface area contributed by atoms with E-state index in [4.69, 9.17) is 4.74 Å². The van der Waals surface area contributed by atoms with Gasteiger partial charge in [0.05, 0.1) is 19.6 Å². The van der Waals surface area contributed by atoms with Crippen LogP contribution in [0.1, 0.15) is 40.5 Å². The normalized spacial score (nSPS) is 24.9. The molecule has 1 aliphatic heterocycles. The third-order valence-corrected chi connectivity index (χ3v) is 3.41. The van der Waals surface area contributed by atoms with Crippen LogP contribution in [-0.4, -0.2) is 42.0 Å². The molecule has 0 bridgehead atoms. The highest BCUT2D eigenvalue weighted by Gasteiger charge is 2.47. The maximum absolute atomic E-state index is 14.0. The minimum Gasteiger partial charge on any atom is -0.466 e. The largest absolute Gasteiger partial charge is 0.466 e. The third-order valence-electron chi connectivity index (χ3n) is 3.41. The number of alkyl halides is 2. The highest BCUT2D eigenvalue weighted by Crippen LogP contribution is 2.37. The van der Waals surface area contributed by atoms with Gasteiger partial charge in [0.25, 0.3) is 5.92 Å². The topological polar surface area (TPSA) is 29.5 Å². The third kappa shape index (κ3) is 3.90. The Hall–Kier alpha value is -0.710. The van der Waals surface area contributed by atoms with Gasteiger partial charge in [-0.05, 0) is 40.7 Å². The van der Waals surface area contributed by atoms with Gasteiger partial charge in [0, 0.05) is 11.5 Å². The van der Waals surface area contributed by atoms with E-state index in [1.165, 1.54) is 0 Å². The second-order valence-electron chi connectivity index (χ2n) is 5.85. The first-order valence-electron chi connectivity index (χ1n) is 6.45. The predicted molar refractivity (Wildman–Crippen MR) is 65.6 cm³/mol. The molecule has 3 nitrogen and oxygen atoms in total. The first-order valence-corrected chi connectivity index (χ1v) is 6.45. The van der Waals surface area contributed by atoms with Crippen molar-refractivity contribution in [1.82, 2.24) is 4.90 Å². The minimum atomic E-state index is -2.82. The summed E-state index contributed by atoms with van der Waals surface area (Å²) in [5, 5.41) is 0. The van der Waals surface area contributed by atoms with Crippen molar-refractivity contribution in [3.8, 4) is 0 Å². The van der Waals surface area contributed by atoms with Crippen molar-refractivity contribution >= 4 is 5.97 Å². The van der Waals surface area contributed by atoms with E-state index in [9.17, 15) is 13.6 Å². The van der Waals surface area contributed by atoms with E-state index in [1.54, 1.807) is 11.8 Å². The van der Waals surface area contributed by atoms with Crippen LogP contribution in [0.15, 0.2) is 0 Å². The summed E-state index contributed by atoms with van der Waals surface area (Å²) in [5.41, 5.74) is -0.266. The van der Waals surface area contributed by atoms with Crippen LogP contribution in [0.5, 0.6) is 0 Å². The number of esters is 1. The summed E-state index contributed by atoms with van der Waals surface area (Å²) in [6.07, 6.45) is 0.155. The molecular formula is C13H23F2NO2. The van der Waals surface area contributed by atoms with E-state index >= 15 is 0 Å². The number of halogens is 2. The maximum atomic E-state index is 14.0. The Labute approximate surface area is 107 Å². The lowest BCUT2D eigenvalue weighted by molar-refractivity contribution is -0.158. The van der Waals surface area contributed by atoms with Gasteiger partial charge in [-0.1, -0.05) is 0 Å². The molecular weight excluding hydrogens is 240 g/mol.